The van der Waals surface area contributed by atoms with Crippen molar-refractivity contribution in [3.63, 3.8) is 0 Å². The van der Waals surface area contributed by atoms with Gasteiger partial charge in [0, 0.05) is 18.7 Å². The van der Waals surface area contributed by atoms with Crippen LogP contribution in [0.5, 0.6) is 0 Å². The summed E-state index contributed by atoms with van der Waals surface area (Å²) in [5, 5.41) is 16.1. The molecule has 2 aromatic rings. The largest absolute Gasteiger partial charge is 0.462 e. The fraction of sp³-hybridized carbons (Fsp3) is 0.333. The molecule has 0 aliphatic carbocycles. The van der Waals surface area contributed by atoms with Gasteiger partial charge in [0.15, 0.2) is 0 Å². The zero-order valence-corrected chi connectivity index (χ0v) is 15.3. The normalized spacial score (nSPS) is 18.9. The fourth-order valence-corrected chi connectivity index (χ4v) is 3.06. The van der Waals surface area contributed by atoms with E-state index in [-0.39, 0.29) is 18.4 Å². The molecule has 1 fully saturated rings. The molecule has 0 bridgehead atoms. The number of hydrogen-bond acceptors (Lipinski definition) is 5. The van der Waals surface area contributed by atoms with Crippen LogP contribution < -0.4 is 10.6 Å². The minimum atomic E-state index is -0.865. The first-order valence-corrected chi connectivity index (χ1v) is 9.10. The maximum absolute atomic E-state index is 12.3. The number of amides is 1. The Labute approximate surface area is 158 Å². The lowest BCUT2D eigenvalue weighted by atomic mass is 10.0. The molecular formula is C21H24N2O4. The molecular weight excluding hydrogens is 344 g/mol. The van der Waals surface area contributed by atoms with Gasteiger partial charge in [-0.1, -0.05) is 24.3 Å². The van der Waals surface area contributed by atoms with E-state index in [2.05, 4.69) is 10.6 Å². The maximum atomic E-state index is 12.3. The minimum Gasteiger partial charge on any atom is -0.462 e. The highest BCUT2D eigenvalue weighted by Crippen LogP contribution is 2.21. The summed E-state index contributed by atoms with van der Waals surface area (Å²) in [4.78, 5) is 24.0. The van der Waals surface area contributed by atoms with Gasteiger partial charge in [-0.05, 0) is 55.3 Å². The Morgan fingerprint density at radius 3 is 2.19 bits per heavy atom. The number of nitrogens with one attached hydrogen (secondary N) is 2. The quantitative estimate of drug-likeness (QED) is 0.679. The Morgan fingerprint density at radius 1 is 1.07 bits per heavy atom. The van der Waals surface area contributed by atoms with Crippen molar-refractivity contribution < 1.29 is 19.4 Å². The Balaban J connectivity index is 1.62. The molecule has 1 saturated heterocycles. The van der Waals surface area contributed by atoms with Crippen molar-refractivity contribution in [3.8, 4) is 11.1 Å². The summed E-state index contributed by atoms with van der Waals surface area (Å²) in [5.41, 5.74) is 2.07. The van der Waals surface area contributed by atoms with Crippen molar-refractivity contribution in [2.75, 3.05) is 26.2 Å². The van der Waals surface area contributed by atoms with Gasteiger partial charge >= 0.3 is 5.97 Å². The molecule has 142 valence electrons. The van der Waals surface area contributed by atoms with Crippen molar-refractivity contribution in [3.05, 3.63) is 59.7 Å². The molecule has 6 nitrogen and oxygen atoms in total. The van der Waals surface area contributed by atoms with Crippen molar-refractivity contribution in [2.45, 2.75) is 18.9 Å². The number of esters is 1. The van der Waals surface area contributed by atoms with Crippen molar-refractivity contribution >= 4 is 11.9 Å². The predicted molar refractivity (Wildman–Crippen MR) is 103 cm³/mol. The molecule has 1 heterocycles. The molecule has 0 saturated carbocycles. The second-order valence-electron chi connectivity index (χ2n) is 6.71. The lowest BCUT2D eigenvalue weighted by Crippen LogP contribution is -2.44. The number of aliphatic hydroxyl groups is 1. The van der Waals surface area contributed by atoms with Gasteiger partial charge in [0.1, 0.15) is 0 Å². The summed E-state index contributed by atoms with van der Waals surface area (Å²) in [7, 11) is 0. The average Bonchev–Trinajstić information content (AvgIpc) is 3.13. The van der Waals surface area contributed by atoms with Crippen LogP contribution in [0.1, 0.15) is 34.1 Å². The van der Waals surface area contributed by atoms with Crippen LogP contribution in [0.3, 0.4) is 0 Å². The topological polar surface area (TPSA) is 87.7 Å². The summed E-state index contributed by atoms with van der Waals surface area (Å²) >= 11 is 0. The van der Waals surface area contributed by atoms with E-state index in [1.807, 2.05) is 24.3 Å². The van der Waals surface area contributed by atoms with Crippen LogP contribution in [-0.4, -0.2) is 48.8 Å². The summed E-state index contributed by atoms with van der Waals surface area (Å²) in [6, 6.07) is 14.4. The highest BCUT2D eigenvalue weighted by molar-refractivity contribution is 5.95. The van der Waals surface area contributed by atoms with Crippen molar-refractivity contribution in [2.24, 2.45) is 0 Å². The van der Waals surface area contributed by atoms with Gasteiger partial charge in [-0.15, -0.1) is 0 Å². The molecule has 1 amide bonds. The van der Waals surface area contributed by atoms with Crippen LogP contribution in [0.4, 0.5) is 0 Å². The monoisotopic (exact) mass is 368 g/mol. The lowest BCUT2D eigenvalue weighted by molar-refractivity contribution is 0.0526. The van der Waals surface area contributed by atoms with Gasteiger partial charge < -0.3 is 20.5 Å². The van der Waals surface area contributed by atoms with E-state index in [0.29, 0.717) is 30.7 Å². The Morgan fingerprint density at radius 2 is 1.67 bits per heavy atom. The highest BCUT2D eigenvalue weighted by Gasteiger charge is 2.31. The Hall–Kier alpha value is -2.70. The van der Waals surface area contributed by atoms with E-state index >= 15 is 0 Å². The molecule has 0 spiro atoms. The number of β-amino-alcohol motifs (C(OH)–C–C–N with tert-alkyl or cyclic N) is 1. The van der Waals surface area contributed by atoms with E-state index in [4.69, 9.17) is 4.74 Å². The number of carbonyl (C=O) groups is 2. The number of carbonyl (C=O) groups excluding carboxylic acids is 2. The molecule has 0 unspecified atom stereocenters. The average molecular weight is 368 g/mol. The van der Waals surface area contributed by atoms with Gasteiger partial charge in [-0.25, -0.2) is 4.79 Å². The molecule has 1 aliphatic heterocycles. The third-order valence-corrected chi connectivity index (χ3v) is 4.68. The van der Waals surface area contributed by atoms with Crippen LogP contribution in [0.2, 0.25) is 0 Å². The van der Waals surface area contributed by atoms with E-state index in [0.717, 1.165) is 17.7 Å². The highest BCUT2D eigenvalue weighted by atomic mass is 16.5. The first-order valence-electron chi connectivity index (χ1n) is 9.10. The second kappa shape index (κ2) is 8.33. The van der Waals surface area contributed by atoms with Gasteiger partial charge in [0.2, 0.25) is 0 Å². The summed E-state index contributed by atoms with van der Waals surface area (Å²) < 4.78 is 4.98. The summed E-state index contributed by atoms with van der Waals surface area (Å²) in [6.07, 6.45) is 0.633. The van der Waals surface area contributed by atoms with Crippen molar-refractivity contribution in [1.29, 1.82) is 0 Å². The molecule has 1 atom stereocenters. The van der Waals surface area contributed by atoms with Crippen LogP contribution >= 0.6 is 0 Å². The first-order chi connectivity index (χ1) is 13.0. The Kier molecular flexibility index (Phi) is 5.88. The molecule has 2 aromatic carbocycles. The fourth-order valence-electron chi connectivity index (χ4n) is 3.06. The number of rotatable bonds is 6. The Bertz CT molecular complexity index is 794. The number of benzene rings is 2. The lowest BCUT2D eigenvalue weighted by Gasteiger charge is -2.21. The zero-order valence-electron chi connectivity index (χ0n) is 15.3. The SMILES string of the molecule is CCOC(=O)c1ccc(-c2ccc(C(=O)NC[C@@]3(O)CCNC3)cc2)cc1. The smallest absolute Gasteiger partial charge is 0.338 e. The number of hydrogen-bond donors (Lipinski definition) is 3. The van der Waals surface area contributed by atoms with Crippen LogP contribution in [0.25, 0.3) is 11.1 Å². The predicted octanol–water partition coefficient (Wildman–Crippen LogP) is 1.98. The second-order valence-corrected chi connectivity index (χ2v) is 6.71. The van der Waals surface area contributed by atoms with E-state index in [1.165, 1.54) is 0 Å². The first kappa shape index (κ1) is 19.1. The van der Waals surface area contributed by atoms with Gasteiger partial charge in [-0.2, -0.15) is 0 Å². The zero-order chi connectivity index (χ0) is 19.3. The van der Waals surface area contributed by atoms with Crippen LogP contribution in [-0.2, 0) is 4.74 Å². The molecule has 1 aliphatic rings. The molecule has 3 rings (SSSR count). The summed E-state index contributed by atoms with van der Waals surface area (Å²) in [5.74, 6) is -0.547. The van der Waals surface area contributed by atoms with Crippen LogP contribution in [0.15, 0.2) is 48.5 Å². The molecule has 0 radical (unpaired) electrons. The standard InChI is InChI=1S/C21H24N2O4/c1-2-27-20(25)18-9-5-16(6-10-18)15-3-7-17(8-4-15)19(24)23-14-21(26)11-12-22-13-21/h3-10,22,26H,2,11-14H2,1H3,(H,23,24)/t21-/m1/s1. The van der Waals surface area contributed by atoms with Gasteiger partial charge in [0.25, 0.3) is 5.91 Å². The van der Waals surface area contributed by atoms with Gasteiger partial charge in [-0.3, -0.25) is 4.79 Å². The summed E-state index contributed by atoms with van der Waals surface area (Å²) in [6.45, 7) is 3.60. The maximum Gasteiger partial charge on any atom is 0.338 e. The molecule has 6 heteroatoms. The van der Waals surface area contributed by atoms with Crippen molar-refractivity contribution in [1.82, 2.24) is 10.6 Å². The number of ether oxygens (including phenoxy) is 1. The van der Waals surface area contributed by atoms with E-state index < -0.39 is 5.60 Å². The minimum absolute atomic E-state index is 0.209. The van der Waals surface area contributed by atoms with E-state index in [1.54, 1.807) is 31.2 Å². The molecule has 27 heavy (non-hydrogen) atoms. The molecule has 3 N–H and O–H groups in total. The third kappa shape index (κ3) is 4.72. The van der Waals surface area contributed by atoms with Crippen LogP contribution in [0, 0.1) is 0 Å². The van der Waals surface area contributed by atoms with E-state index in [9.17, 15) is 14.7 Å². The molecule has 0 aromatic heterocycles. The van der Waals surface area contributed by atoms with Gasteiger partial charge in [0.05, 0.1) is 17.8 Å². The third-order valence-electron chi connectivity index (χ3n) is 4.68.